The van der Waals surface area contributed by atoms with Crippen LogP contribution < -0.4 is 0 Å². The van der Waals surface area contributed by atoms with E-state index in [2.05, 4.69) is 221 Å². The van der Waals surface area contributed by atoms with Gasteiger partial charge in [0.15, 0.2) is 0 Å². The maximum atomic E-state index is 12.3. The van der Waals surface area contributed by atoms with Gasteiger partial charge in [0.05, 0.1) is 22.3 Å². The van der Waals surface area contributed by atoms with Gasteiger partial charge in [-0.05, 0) is 104 Å². The number of phenols is 1. The number of imidazole rings is 1. The molecule has 6 aromatic carbocycles. The molecule has 2 aromatic heterocycles. The van der Waals surface area contributed by atoms with Crippen molar-refractivity contribution in [3.63, 3.8) is 0 Å². The first-order valence-corrected chi connectivity index (χ1v) is 23.2. The summed E-state index contributed by atoms with van der Waals surface area (Å²) in [5.74, 6) is 1.74. The van der Waals surface area contributed by atoms with Crippen LogP contribution in [-0.4, -0.2) is 19.6 Å². The van der Waals surface area contributed by atoms with Gasteiger partial charge in [-0.25, -0.2) is 4.98 Å². The van der Waals surface area contributed by atoms with Crippen molar-refractivity contribution in [1.29, 1.82) is 0 Å². The van der Waals surface area contributed by atoms with E-state index >= 15 is 0 Å². The third-order valence-corrected chi connectivity index (χ3v) is 13.0. The molecule has 65 heavy (non-hydrogen) atoms. The van der Waals surface area contributed by atoms with Crippen LogP contribution in [0.3, 0.4) is 0 Å². The van der Waals surface area contributed by atoms with Crippen LogP contribution in [0.2, 0.25) is 0 Å². The van der Waals surface area contributed by atoms with Gasteiger partial charge in [0.1, 0.15) is 11.6 Å². The summed E-state index contributed by atoms with van der Waals surface area (Å²) in [5.41, 5.74) is 17.6. The summed E-state index contributed by atoms with van der Waals surface area (Å²) in [5, 5.41) is 12.3. The third-order valence-electron chi connectivity index (χ3n) is 13.0. The molecule has 0 bridgehead atoms. The van der Waals surface area contributed by atoms with Gasteiger partial charge in [0.25, 0.3) is 0 Å². The van der Waals surface area contributed by atoms with Crippen LogP contribution in [0, 0.1) is 6.07 Å². The molecule has 2 heterocycles. The summed E-state index contributed by atoms with van der Waals surface area (Å²) in [7, 11) is 0. The predicted octanol–water partition coefficient (Wildman–Crippen LogP) is 16.6. The van der Waals surface area contributed by atoms with Crippen molar-refractivity contribution in [3.8, 4) is 67.5 Å². The molecular weight excluding hydrogens is 974 g/mol. The minimum atomic E-state index is -0.157. The van der Waals surface area contributed by atoms with Crippen LogP contribution in [0.1, 0.15) is 135 Å². The molecule has 1 N–H and O–H groups in total. The van der Waals surface area contributed by atoms with E-state index in [0.717, 1.165) is 78.9 Å². The molecule has 0 aliphatic heterocycles. The Kier molecular flexibility index (Phi) is 13.7. The van der Waals surface area contributed by atoms with Crippen LogP contribution in [0.15, 0.2) is 134 Å². The molecule has 0 aliphatic carbocycles. The van der Waals surface area contributed by atoms with E-state index in [4.69, 9.17) is 9.97 Å². The standard InChI is InChI=1S/C60H64N3O.Pt/c1-13-39(6)42-24-27-54(51(33-42)41-18-15-14-16-19-41)63-55-21-17-20-49(56(55)62-58(63)52-35-44(37(2)3)34-50(38(4)5)57(52)64)45-30-46(32-48(31-45)60(10,11)12)53-36-43(28-29-61-53)40-22-25-47(26-23-40)59(7,8)9;/h14-29,31-39,64H,13H2,1-12H3;/q-1;. The predicted molar refractivity (Wildman–Crippen MR) is 271 cm³/mol. The first-order chi connectivity index (χ1) is 30.4. The molecule has 0 saturated carbocycles. The Morgan fingerprint density at radius 2 is 1.28 bits per heavy atom. The molecule has 1 unspecified atom stereocenters. The van der Waals surface area contributed by atoms with Crippen LogP contribution >= 0.6 is 0 Å². The Hall–Kier alpha value is -5.57. The van der Waals surface area contributed by atoms with Gasteiger partial charge in [0.2, 0.25) is 0 Å². The van der Waals surface area contributed by atoms with E-state index in [1.54, 1.807) is 0 Å². The zero-order chi connectivity index (χ0) is 45.7. The minimum Gasteiger partial charge on any atom is -0.507 e. The minimum absolute atomic E-state index is 0. The number of pyridine rings is 1. The number of benzene rings is 6. The molecule has 336 valence electrons. The maximum absolute atomic E-state index is 12.3. The number of fused-ring (bicyclic) bond motifs is 1. The fraction of sp³-hybridized carbons (Fsp3) is 0.300. The Morgan fingerprint density at radius 3 is 1.92 bits per heavy atom. The maximum Gasteiger partial charge on any atom is 0.148 e. The van der Waals surface area contributed by atoms with Crippen LogP contribution in [0.25, 0.3) is 72.7 Å². The Labute approximate surface area is 402 Å². The summed E-state index contributed by atoms with van der Waals surface area (Å²) >= 11 is 0. The number of aromatic hydroxyl groups is 1. The Bertz CT molecular complexity index is 2960. The second-order valence-electron chi connectivity index (χ2n) is 20.4. The van der Waals surface area contributed by atoms with Gasteiger partial charge in [-0.1, -0.05) is 179 Å². The van der Waals surface area contributed by atoms with Crippen LogP contribution in [0.4, 0.5) is 0 Å². The zero-order valence-corrected chi connectivity index (χ0v) is 42.5. The summed E-state index contributed by atoms with van der Waals surface area (Å²) in [6.07, 6.45) is 2.95. The quantitative estimate of drug-likeness (QED) is 0.139. The molecule has 8 aromatic rings. The van der Waals surface area contributed by atoms with Crippen molar-refractivity contribution in [2.24, 2.45) is 0 Å². The molecule has 0 aliphatic rings. The molecule has 1 atom stereocenters. The summed E-state index contributed by atoms with van der Waals surface area (Å²) in [6, 6.07) is 49.9. The molecule has 0 fully saturated rings. The SMILES string of the molecule is CCC(C)c1ccc(-n2c(-c3cc(C(C)C)cc(C(C)C)c3O)nc3c(-c4[c-]c(-c5cc(-c6ccc(C(C)(C)C)cc6)ccn5)cc(C(C)(C)C)c4)cccc32)c(-c2ccccc2)c1.[Pt]. The zero-order valence-electron chi connectivity index (χ0n) is 40.2. The monoisotopic (exact) mass is 1040 g/mol. The number of nitrogens with zero attached hydrogens (tertiary/aromatic N) is 3. The van der Waals surface area contributed by atoms with Crippen molar-refractivity contribution in [1.82, 2.24) is 14.5 Å². The van der Waals surface area contributed by atoms with E-state index < -0.39 is 0 Å². The first-order valence-electron chi connectivity index (χ1n) is 23.2. The van der Waals surface area contributed by atoms with E-state index in [1.165, 1.54) is 22.3 Å². The summed E-state index contributed by atoms with van der Waals surface area (Å²) in [4.78, 5) is 10.6. The van der Waals surface area contributed by atoms with E-state index in [-0.39, 0.29) is 49.5 Å². The first kappa shape index (κ1) is 47.4. The molecule has 4 nitrogen and oxygen atoms in total. The Morgan fingerprint density at radius 1 is 0.600 bits per heavy atom. The van der Waals surface area contributed by atoms with Gasteiger partial charge in [-0.3, -0.25) is 9.55 Å². The van der Waals surface area contributed by atoms with Gasteiger partial charge in [-0.15, -0.1) is 29.3 Å². The fourth-order valence-electron chi connectivity index (χ4n) is 8.71. The number of para-hydroxylation sites is 1. The van der Waals surface area contributed by atoms with Gasteiger partial charge in [-0.2, -0.15) is 0 Å². The third kappa shape index (κ3) is 9.57. The molecule has 0 spiro atoms. The Balaban J connectivity index is 0.00000630. The van der Waals surface area contributed by atoms with Crippen molar-refractivity contribution >= 4 is 11.0 Å². The molecular formula is C60H64N3OPt-. The average Bonchev–Trinajstić information content (AvgIpc) is 3.67. The second kappa shape index (κ2) is 18.7. The van der Waals surface area contributed by atoms with Crippen LogP contribution in [0.5, 0.6) is 5.75 Å². The van der Waals surface area contributed by atoms with Gasteiger partial charge >= 0.3 is 0 Å². The molecule has 0 amide bonds. The largest absolute Gasteiger partial charge is 0.507 e. The molecule has 8 rings (SSSR count). The van der Waals surface area contributed by atoms with Crippen LogP contribution in [-0.2, 0) is 31.9 Å². The second-order valence-corrected chi connectivity index (χ2v) is 20.4. The number of phenolic OH excluding ortho intramolecular Hbond substituents is 1. The van der Waals surface area contributed by atoms with Gasteiger partial charge < -0.3 is 5.11 Å². The normalized spacial score (nSPS) is 12.5. The molecule has 5 heteroatoms. The number of aromatic nitrogens is 3. The topological polar surface area (TPSA) is 50.9 Å². The van der Waals surface area contributed by atoms with E-state index in [1.807, 2.05) is 6.20 Å². The number of hydrogen-bond acceptors (Lipinski definition) is 3. The summed E-state index contributed by atoms with van der Waals surface area (Å²) in [6.45, 7) is 26.8. The summed E-state index contributed by atoms with van der Waals surface area (Å²) < 4.78 is 2.29. The molecule has 0 saturated heterocycles. The smallest absolute Gasteiger partial charge is 0.148 e. The average molecular weight is 1040 g/mol. The van der Waals surface area contributed by atoms with E-state index in [0.29, 0.717) is 11.7 Å². The van der Waals surface area contributed by atoms with Crippen molar-refractivity contribution in [3.05, 3.63) is 167 Å². The van der Waals surface area contributed by atoms with Crippen molar-refractivity contribution in [2.75, 3.05) is 0 Å². The fourth-order valence-corrected chi connectivity index (χ4v) is 8.71. The van der Waals surface area contributed by atoms with Gasteiger partial charge in [0, 0.05) is 38.5 Å². The molecule has 0 radical (unpaired) electrons. The van der Waals surface area contributed by atoms with Crippen molar-refractivity contribution < 1.29 is 26.2 Å². The number of rotatable bonds is 10. The van der Waals surface area contributed by atoms with E-state index in [9.17, 15) is 5.11 Å². The number of hydrogen-bond donors (Lipinski definition) is 1. The van der Waals surface area contributed by atoms with Crippen molar-refractivity contribution in [2.45, 2.75) is 118 Å².